The van der Waals surface area contributed by atoms with E-state index in [1.165, 1.54) is 16.9 Å². The number of anilines is 1. The number of carbonyl (C=O) groups is 3. The SMILES string of the molecule is COC(=O)[C@@H]1CCCN1C(=O)C1CCCN1C(=O)[C@@H](Cc1ccccc1)NC(=S)Nc1cc(C(F)(F)F)cc(C(F)(F)F)c1. The normalized spacial score (nSPS) is 19.4. The zero-order valence-corrected chi connectivity index (χ0v) is 24.3. The Kier molecular flexibility index (Phi) is 10.1. The van der Waals surface area contributed by atoms with E-state index in [0.29, 0.717) is 49.9 Å². The number of rotatable bonds is 7. The van der Waals surface area contributed by atoms with E-state index in [4.69, 9.17) is 17.0 Å². The number of likely N-dealkylation sites (tertiary alicyclic amines) is 2. The molecule has 2 amide bonds. The molecule has 2 aliphatic rings. The fraction of sp³-hybridized carbons (Fsp3) is 0.448. The summed E-state index contributed by atoms with van der Waals surface area (Å²) in [6.07, 6.45) is -8.19. The number of thiocarbonyl (C=S) groups is 1. The first kappa shape index (κ1) is 33.0. The minimum Gasteiger partial charge on any atom is -0.467 e. The third kappa shape index (κ3) is 7.79. The van der Waals surface area contributed by atoms with E-state index in [0.717, 1.165) is 0 Å². The zero-order valence-electron chi connectivity index (χ0n) is 23.5. The molecule has 2 N–H and O–H groups in total. The lowest BCUT2D eigenvalue weighted by Crippen LogP contribution is -2.56. The Morgan fingerprint density at radius 2 is 1.48 bits per heavy atom. The quantitative estimate of drug-likeness (QED) is 0.255. The lowest BCUT2D eigenvalue weighted by Gasteiger charge is -2.33. The van der Waals surface area contributed by atoms with E-state index in [1.807, 2.05) is 0 Å². The predicted octanol–water partition coefficient (Wildman–Crippen LogP) is 4.78. The second kappa shape index (κ2) is 13.4. The van der Waals surface area contributed by atoms with Gasteiger partial charge < -0.3 is 25.2 Å². The van der Waals surface area contributed by atoms with Crippen LogP contribution in [0.3, 0.4) is 0 Å². The zero-order chi connectivity index (χ0) is 32.2. The number of alkyl halides is 6. The number of amides is 2. The topological polar surface area (TPSA) is 91.0 Å². The van der Waals surface area contributed by atoms with Crippen LogP contribution in [-0.2, 0) is 37.9 Å². The molecule has 44 heavy (non-hydrogen) atoms. The molecule has 0 bridgehead atoms. The van der Waals surface area contributed by atoms with Crippen molar-refractivity contribution in [3.05, 3.63) is 65.2 Å². The molecule has 0 radical (unpaired) electrons. The van der Waals surface area contributed by atoms with Gasteiger partial charge in [0, 0.05) is 25.2 Å². The van der Waals surface area contributed by atoms with E-state index in [-0.39, 0.29) is 24.1 Å². The number of ether oxygens (including phenoxy) is 1. The van der Waals surface area contributed by atoms with E-state index in [9.17, 15) is 40.7 Å². The van der Waals surface area contributed by atoms with Crippen LogP contribution in [0.15, 0.2) is 48.5 Å². The number of halogens is 6. The number of carbonyl (C=O) groups excluding carboxylic acids is 3. The largest absolute Gasteiger partial charge is 0.467 e. The number of nitrogens with one attached hydrogen (secondary N) is 2. The van der Waals surface area contributed by atoms with Gasteiger partial charge in [-0.1, -0.05) is 30.3 Å². The van der Waals surface area contributed by atoms with Gasteiger partial charge >= 0.3 is 18.3 Å². The van der Waals surface area contributed by atoms with Gasteiger partial charge in [0.1, 0.15) is 18.1 Å². The first-order chi connectivity index (χ1) is 20.7. The summed E-state index contributed by atoms with van der Waals surface area (Å²) in [4.78, 5) is 42.5. The third-order valence-electron chi connectivity index (χ3n) is 7.56. The molecule has 2 heterocycles. The highest BCUT2D eigenvalue weighted by Gasteiger charge is 2.44. The Morgan fingerprint density at radius 1 is 0.909 bits per heavy atom. The van der Waals surface area contributed by atoms with Gasteiger partial charge in [-0.15, -0.1) is 0 Å². The smallest absolute Gasteiger partial charge is 0.416 e. The molecule has 4 rings (SSSR count). The summed E-state index contributed by atoms with van der Waals surface area (Å²) in [7, 11) is 1.23. The lowest BCUT2D eigenvalue weighted by molar-refractivity contribution is -0.154. The summed E-state index contributed by atoms with van der Waals surface area (Å²) in [6.45, 7) is 0.551. The highest BCUT2D eigenvalue weighted by atomic mass is 32.1. The minimum absolute atomic E-state index is 0.000951. The summed E-state index contributed by atoms with van der Waals surface area (Å²) >= 11 is 5.24. The van der Waals surface area contributed by atoms with Crippen LogP contribution in [0.1, 0.15) is 42.4 Å². The summed E-state index contributed by atoms with van der Waals surface area (Å²) in [5.41, 5.74) is -2.94. The van der Waals surface area contributed by atoms with E-state index < -0.39 is 65.1 Å². The highest BCUT2D eigenvalue weighted by Crippen LogP contribution is 2.37. The van der Waals surface area contributed by atoms with Crippen LogP contribution in [0.4, 0.5) is 32.0 Å². The maximum Gasteiger partial charge on any atom is 0.416 e. The molecule has 0 aliphatic carbocycles. The standard InChI is InChI=1S/C29H30F6N4O4S/c1-43-26(42)23-10-6-12-39(23)25(41)22-9-5-11-38(22)24(40)21(13-17-7-3-2-4-8-17)37-27(44)36-20-15-18(28(30,31)32)14-19(16-20)29(33,34)35/h2-4,7-8,14-16,21-23H,5-6,9-13H2,1H3,(H2,36,37,44)/t21-,22?,23+/m1/s1. The van der Waals surface area contributed by atoms with Crippen LogP contribution in [-0.4, -0.2) is 71.0 Å². The molecule has 2 saturated heterocycles. The van der Waals surface area contributed by atoms with Gasteiger partial charge in [0.15, 0.2) is 5.11 Å². The maximum absolute atomic E-state index is 13.9. The second-order valence-electron chi connectivity index (χ2n) is 10.5. The predicted molar refractivity (Wildman–Crippen MR) is 151 cm³/mol. The van der Waals surface area contributed by atoms with Crippen molar-refractivity contribution in [2.75, 3.05) is 25.5 Å². The van der Waals surface area contributed by atoms with Crippen LogP contribution in [0.5, 0.6) is 0 Å². The van der Waals surface area contributed by atoms with Crippen molar-refractivity contribution < 1.29 is 45.5 Å². The van der Waals surface area contributed by atoms with Crippen LogP contribution >= 0.6 is 12.2 Å². The summed E-state index contributed by atoms with van der Waals surface area (Å²) in [5.74, 6) is -1.48. The Bertz CT molecular complexity index is 1360. The van der Waals surface area contributed by atoms with Gasteiger partial charge in [-0.25, -0.2) is 4.79 Å². The molecule has 15 heteroatoms. The third-order valence-corrected chi connectivity index (χ3v) is 7.78. The molecule has 2 aliphatic heterocycles. The van der Waals surface area contributed by atoms with Gasteiger partial charge in [0.25, 0.3) is 0 Å². The maximum atomic E-state index is 13.9. The first-order valence-electron chi connectivity index (χ1n) is 13.8. The number of hydrogen-bond donors (Lipinski definition) is 2. The van der Waals surface area contributed by atoms with Crippen LogP contribution in [0.25, 0.3) is 0 Å². The molecule has 2 aromatic carbocycles. The molecule has 0 aromatic heterocycles. The number of nitrogens with zero attached hydrogens (tertiary/aromatic N) is 2. The summed E-state index contributed by atoms with van der Waals surface area (Å²) in [6, 6.07) is 6.91. The second-order valence-corrected chi connectivity index (χ2v) is 10.9. The number of methoxy groups -OCH3 is 1. The van der Waals surface area contributed by atoms with Gasteiger partial charge in [-0.05, 0) is 61.7 Å². The Hall–Kier alpha value is -3.88. The monoisotopic (exact) mass is 644 g/mol. The van der Waals surface area contributed by atoms with Crippen LogP contribution in [0.2, 0.25) is 0 Å². The molecule has 3 atom stereocenters. The average molecular weight is 645 g/mol. The Balaban J connectivity index is 1.57. The van der Waals surface area contributed by atoms with Crippen molar-refractivity contribution >= 4 is 40.8 Å². The molecule has 238 valence electrons. The minimum atomic E-state index is -5.06. The van der Waals surface area contributed by atoms with Gasteiger partial charge in [0.2, 0.25) is 11.8 Å². The molecular weight excluding hydrogens is 614 g/mol. The van der Waals surface area contributed by atoms with Crippen molar-refractivity contribution in [2.45, 2.75) is 62.6 Å². The molecule has 8 nitrogen and oxygen atoms in total. The molecule has 2 fully saturated rings. The van der Waals surface area contributed by atoms with E-state index in [2.05, 4.69) is 10.6 Å². The van der Waals surface area contributed by atoms with Crippen molar-refractivity contribution in [2.24, 2.45) is 0 Å². The number of benzene rings is 2. The Morgan fingerprint density at radius 3 is 2.05 bits per heavy atom. The fourth-order valence-corrected chi connectivity index (χ4v) is 5.75. The highest BCUT2D eigenvalue weighted by molar-refractivity contribution is 7.80. The summed E-state index contributed by atoms with van der Waals surface area (Å²) < 4.78 is 85.0. The van der Waals surface area contributed by atoms with Gasteiger partial charge in [-0.3, -0.25) is 9.59 Å². The van der Waals surface area contributed by atoms with Gasteiger partial charge in [0.05, 0.1) is 18.2 Å². The molecular formula is C29H30F6N4O4S. The molecule has 0 saturated carbocycles. The number of esters is 1. The Labute approximate surface area is 254 Å². The lowest BCUT2D eigenvalue weighted by atomic mass is 10.0. The molecule has 1 unspecified atom stereocenters. The van der Waals surface area contributed by atoms with Crippen LogP contribution in [0, 0.1) is 0 Å². The molecule has 0 spiro atoms. The van der Waals surface area contributed by atoms with Crippen molar-refractivity contribution in [3.63, 3.8) is 0 Å². The molecule has 2 aromatic rings. The van der Waals surface area contributed by atoms with E-state index >= 15 is 0 Å². The van der Waals surface area contributed by atoms with Crippen LogP contribution < -0.4 is 10.6 Å². The summed E-state index contributed by atoms with van der Waals surface area (Å²) in [5, 5.41) is 4.71. The van der Waals surface area contributed by atoms with E-state index in [1.54, 1.807) is 30.3 Å². The van der Waals surface area contributed by atoms with Crippen molar-refractivity contribution in [1.82, 2.24) is 15.1 Å². The fourth-order valence-electron chi connectivity index (χ4n) is 5.49. The first-order valence-corrected chi connectivity index (χ1v) is 14.2. The number of hydrogen-bond acceptors (Lipinski definition) is 5. The van der Waals surface area contributed by atoms with Gasteiger partial charge in [-0.2, -0.15) is 26.3 Å². The van der Waals surface area contributed by atoms with Crippen molar-refractivity contribution in [1.29, 1.82) is 0 Å². The van der Waals surface area contributed by atoms with Crippen molar-refractivity contribution in [3.8, 4) is 0 Å². The average Bonchev–Trinajstić information content (AvgIpc) is 3.66.